The maximum absolute atomic E-state index is 11.2. The lowest BCUT2D eigenvalue weighted by Crippen LogP contribution is -2.28. The van der Waals surface area contributed by atoms with Crippen LogP contribution in [0.25, 0.3) is 0 Å². The molecule has 4 heteroatoms. The molecule has 1 aliphatic heterocycles. The van der Waals surface area contributed by atoms with E-state index in [1.165, 1.54) is 11.1 Å². The molecule has 1 heterocycles. The first-order chi connectivity index (χ1) is 9.11. The molecule has 0 saturated heterocycles. The van der Waals surface area contributed by atoms with Gasteiger partial charge in [-0.15, -0.1) is 0 Å². The number of nitrogens with one attached hydrogen (secondary N) is 1. The van der Waals surface area contributed by atoms with E-state index in [0.29, 0.717) is 12.5 Å². The molecule has 0 fully saturated rings. The molecule has 4 nitrogen and oxygen atoms in total. The van der Waals surface area contributed by atoms with Gasteiger partial charge in [0.2, 0.25) is 0 Å². The van der Waals surface area contributed by atoms with Gasteiger partial charge >= 0.3 is 0 Å². The molecule has 1 unspecified atom stereocenters. The van der Waals surface area contributed by atoms with E-state index in [2.05, 4.69) is 43.1 Å². The molecule has 0 radical (unpaired) electrons. The van der Waals surface area contributed by atoms with E-state index >= 15 is 0 Å². The van der Waals surface area contributed by atoms with Crippen molar-refractivity contribution in [2.24, 2.45) is 4.99 Å². The van der Waals surface area contributed by atoms with Crippen molar-refractivity contribution in [1.29, 1.82) is 0 Å². The van der Waals surface area contributed by atoms with E-state index in [9.17, 15) is 4.79 Å². The van der Waals surface area contributed by atoms with Gasteiger partial charge in [0.25, 0.3) is 5.91 Å². The van der Waals surface area contributed by atoms with Gasteiger partial charge in [0, 0.05) is 5.92 Å². The summed E-state index contributed by atoms with van der Waals surface area (Å²) in [6.07, 6.45) is 3.61. The number of carbonyl (C=O) groups excluding carboxylic acids is 1. The Morgan fingerprint density at radius 3 is 2.84 bits per heavy atom. The Morgan fingerprint density at radius 1 is 1.47 bits per heavy atom. The summed E-state index contributed by atoms with van der Waals surface area (Å²) in [6, 6.07) is 8.44. The number of rotatable bonds is 3. The fourth-order valence-electron chi connectivity index (χ4n) is 2.09. The molecule has 0 spiro atoms. The van der Waals surface area contributed by atoms with Crippen molar-refractivity contribution in [3.8, 4) is 0 Å². The van der Waals surface area contributed by atoms with E-state index in [0.717, 1.165) is 0 Å². The smallest absolute Gasteiger partial charge is 0.288 e. The Kier molecular flexibility index (Phi) is 4.12. The molecule has 1 atom stereocenters. The third kappa shape index (κ3) is 3.09. The number of hydroxylamine groups is 1. The molecule has 0 bridgehead atoms. The molecule has 0 aliphatic carbocycles. The summed E-state index contributed by atoms with van der Waals surface area (Å²) >= 11 is 0. The second-order valence-corrected chi connectivity index (χ2v) is 4.96. The first-order valence-electron chi connectivity index (χ1n) is 6.38. The molecule has 0 saturated carbocycles. The topological polar surface area (TPSA) is 61.7 Å². The van der Waals surface area contributed by atoms with E-state index in [1.807, 2.05) is 6.08 Å². The lowest BCUT2D eigenvalue weighted by molar-refractivity contribution is -0.122. The second kappa shape index (κ2) is 5.80. The van der Waals surface area contributed by atoms with Crippen LogP contribution in [-0.4, -0.2) is 23.4 Å². The van der Waals surface area contributed by atoms with Gasteiger partial charge < -0.3 is 0 Å². The zero-order valence-electron chi connectivity index (χ0n) is 11.1. The Labute approximate surface area is 112 Å². The number of hydrogen-bond acceptors (Lipinski definition) is 3. The summed E-state index contributed by atoms with van der Waals surface area (Å²) < 4.78 is 0. The minimum atomic E-state index is -0.564. The monoisotopic (exact) mass is 258 g/mol. The highest BCUT2D eigenvalue weighted by Gasteiger charge is 2.16. The normalized spacial score (nSPS) is 18.3. The first-order valence-corrected chi connectivity index (χ1v) is 6.38. The molecule has 1 amide bonds. The van der Waals surface area contributed by atoms with Crippen LogP contribution in [0.2, 0.25) is 0 Å². The van der Waals surface area contributed by atoms with Crippen molar-refractivity contribution >= 4 is 11.6 Å². The predicted molar refractivity (Wildman–Crippen MR) is 74.6 cm³/mol. The number of dihydropyridines is 1. The maximum atomic E-state index is 11.2. The number of benzene rings is 1. The van der Waals surface area contributed by atoms with E-state index < -0.39 is 5.91 Å². The number of carbonyl (C=O) groups is 1. The van der Waals surface area contributed by atoms with Crippen LogP contribution >= 0.6 is 0 Å². The summed E-state index contributed by atoms with van der Waals surface area (Å²) in [5.41, 5.74) is 4.36. The highest BCUT2D eigenvalue weighted by atomic mass is 16.5. The van der Waals surface area contributed by atoms with Crippen molar-refractivity contribution in [3.05, 3.63) is 47.5 Å². The van der Waals surface area contributed by atoms with Crippen LogP contribution in [0.3, 0.4) is 0 Å². The molecule has 1 aromatic rings. The van der Waals surface area contributed by atoms with Gasteiger partial charge in [0.1, 0.15) is 5.71 Å². The van der Waals surface area contributed by atoms with Crippen molar-refractivity contribution in [2.75, 3.05) is 6.54 Å². The van der Waals surface area contributed by atoms with Crippen LogP contribution in [0, 0.1) is 0 Å². The average molecular weight is 258 g/mol. The number of hydrogen-bond donors (Lipinski definition) is 2. The van der Waals surface area contributed by atoms with Crippen LogP contribution < -0.4 is 5.48 Å². The molecule has 1 aromatic carbocycles. The molecule has 19 heavy (non-hydrogen) atoms. The summed E-state index contributed by atoms with van der Waals surface area (Å²) in [6.45, 7) is 4.86. The molecular formula is C15H18N2O2. The largest absolute Gasteiger partial charge is 0.292 e. The second-order valence-electron chi connectivity index (χ2n) is 4.96. The first kappa shape index (κ1) is 13.5. The lowest BCUT2D eigenvalue weighted by Gasteiger charge is -2.17. The van der Waals surface area contributed by atoms with Crippen LogP contribution in [-0.2, 0) is 4.79 Å². The van der Waals surface area contributed by atoms with Crippen molar-refractivity contribution in [1.82, 2.24) is 5.48 Å². The fourth-order valence-corrected chi connectivity index (χ4v) is 2.09. The van der Waals surface area contributed by atoms with Crippen LogP contribution in [0.5, 0.6) is 0 Å². The molecule has 1 aliphatic rings. The quantitative estimate of drug-likeness (QED) is 0.646. The van der Waals surface area contributed by atoms with Crippen LogP contribution in [0.4, 0.5) is 0 Å². The van der Waals surface area contributed by atoms with Gasteiger partial charge in [-0.25, -0.2) is 5.48 Å². The summed E-state index contributed by atoms with van der Waals surface area (Å²) in [5, 5.41) is 8.55. The van der Waals surface area contributed by atoms with Gasteiger partial charge in [-0.2, -0.15) is 0 Å². The summed E-state index contributed by atoms with van der Waals surface area (Å²) in [4.78, 5) is 15.4. The van der Waals surface area contributed by atoms with Gasteiger partial charge in [0.15, 0.2) is 0 Å². The van der Waals surface area contributed by atoms with Gasteiger partial charge in [0.05, 0.1) is 6.54 Å². The highest BCUT2D eigenvalue weighted by molar-refractivity contribution is 6.43. The SMILES string of the molecule is CC(C)c1cccc(C2C=CC(C(=O)NO)=NC2)c1. The Bertz CT molecular complexity index is 533. The molecule has 2 N–H and O–H groups in total. The molecular weight excluding hydrogens is 240 g/mol. The van der Waals surface area contributed by atoms with Gasteiger partial charge in [-0.05, 0) is 23.1 Å². The standard InChI is InChI=1S/C15H18N2O2/c1-10(2)11-4-3-5-12(8-11)13-6-7-14(16-9-13)15(18)17-19/h3-8,10,13,19H,9H2,1-2H3,(H,17,18). The van der Waals surface area contributed by atoms with Crippen molar-refractivity contribution < 1.29 is 10.0 Å². The Morgan fingerprint density at radius 2 is 2.26 bits per heavy atom. The van der Waals surface area contributed by atoms with Gasteiger partial charge in [-0.1, -0.05) is 44.2 Å². The van der Waals surface area contributed by atoms with Crippen molar-refractivity contribution in [2.45, 2.75) is 25.7 Å². The van der Waals surface area contributed by atoms with Crippen molar-refractivity contribution in [3.63, 3.8) is 0 Å². The number of amides is 1. The zero-order chi connectivity index (χ0) is 13.8. The van der Waals surface area contributed by atoms with E-state index in [-0.39, 0.29) is 11.6 Å². The minimum absolute atomic E-state index is 0.189. The Hall–Kier alpha value is -1.94. The summed E-state index contributed by atoms with van der Waals surface area (Å²) in [5.74, 6) is 0.117. The maximum Gasteiger partial charge on any atom is 0.292 e. The fraction of sp³-hybridized carbons (Fsp3) is 0.333. The lowest BCUT2D eigenvalue weighted by atomic mass is 9.92. The van der Waals surface area contributed by atoms with E-state index in [1.54, 1.807) is 11.6 Å². The molecule has 2 rings (SSSR count). The average Bonchev–Trinajstić information content (AvgIpc) is 2.46. The van der Waals surface area contributed by atoms with Crippen LogP contribution in [0.1, 0.15) is 36.8 Å². The van der Waals surface area contributed by atoms with Gasteiger partial charge in [-0.3, -0.25) is 15.0 Å². The molecule has 100 valence electrons. The zero-order valence-corrected chi connectivity index (χ0v) is 11.1. The summed E-state index contributed by atoms with van der Waals surface area (Å²) in [7, 11) is 0. The number of nitrogens with zero attached hydrogens (tertiary/aromatic N) is 1. The third-order valence-corrected chi connectivity index (χ3v) is 3.28. The predicted octanol–water partition coefficient (Wildman–Crippen LogP) is 2.41. The third-order valence-electron chi connectivity index (χ3n) is 3.28. The van der Waals surface area contributed by atoms with Crippen LogP contribution in [0.15, 0.2) is 41.4 Å². The minimum Gasteiger partial charge on any atom is -0.288 e. The highest BCUT2D eigenvalue weighted by Crippen LogP contribution is 2.24. The van der Waals surface area contributed by atoms with E-state index in [4.69, 9.17) is 5.21 Å². The molecule has 0 aromatic heterocycles. The number of aliphatic imine (C=N–C) groups is 1. The Balaban J connectivity index is 2.14.